The van der Waals surface area contributed by atoms with Gasteiger partial charge in [-0.2, -0.15) is 0 Å². The highest BCUT2D eigenvalue weighted by molar-refractivity contribution is 5.83. The Labute approximate surface area is 102 Å². The Hall–Kier alpha value is -1.65. The van der Waals surface area contributed by atoms with Crippen molar-refractivity contribution in [2.45, 2.75) is 33.7 Å². The number of hydrogen-bond donors (Lipinski definition) is 1. The lowest BCUT2D eigenvalue weighted by molar-refractivity contribution is -0.130. The average Bonchev–Trinajstić information content (AvgIpc) is 2.31. The zero-order valence-corrected chi connectivity index (χ0v) is 11.1. The lowest BCUT2D eigenvalue weighted by atomic mass is 10.3. The zero-order chi connectivity index (χ0) is 13.0. The van der Waals surface area contributed by atoms with Crippen molar-refractivity contribution in [3.63, 3.8) is 0 Å². The molecule has 0 bridgehead atoms. The summed E-state index contributed by atoms with van der Waals surface area (Å²) in [7, 11) is 1.78. The highest BCUT2D eigenvalue weighted by Gasteiger charge is 2.16. The molecule has 1 unspecified atom stereocenters. The first kappa shape index (κ1) is 13.4. The number of hydrogen-bond acceptors (Lipinski definition) is 4. The van der Waals surface area contributed by atoms with Gasteiger partial charge in [0.15, 0.2) is 0 Å². The predicted molar refractivity (Wildman–Crippen MR) is 67.9 cm³/mol. The number of anilines is 1. The summed E-state index contributed by atoms with van der Waals surface area (Å²) in [6.07, 6.45) is 1.65. The van der Waals surface area contributed by atoms with Crippen molar-refractivity contribution in [2.75, 3.05) is 18.9 Å². The minimum absolute atomic E-state index is 0.0486. The molecule has 1 rings (SSSR count). The van der Waals surface area contributed by atoms with Crippen LogP contribution in [-0.2, 0) is 4.79 Å². The summed E-state index contributed by atoms with van der Waals surface area (Å²) in [5, 5.41) is 3.06. The number of carbonyl (C=O) groups excluding carboxylic acids is 1. The Morgan fingerprint density at radius 2 is 2.12 bits per heavy atom. The van der Waals surface area contributed by atoms with Gasteiger partial charge in [0.05, 0.1) is 17.6 Å². The van der Waals surface area contributed by atoms with Gasteiger partial charge >= 0.3 is 0 Å². The Morgan fingerprint density at radius 1 is 1.47 bits per heavy atom. The first-order valence-electron chi connectivity index (χ1n) is 5.77. The van der Waals surface area contributed by atoms with Gasteiger partial charge in [0.1, 0.15) is 11.9 Å². The molecule has 0 aliphatic heterocycles. The Balaban J connectivity index is 2.71. The molecule has 0 aliphatic rings. The largest absolute Gasteiger partial charge is 0.357 e. The summed E-state index contributed by atoms with van der Waals surface area (Å²) in [6.45, 7) is 8.28. The summed E-state index contributed by atoms with van der Waals surface area (Å²) >= 11 is 0. The fraction of sp³-hybridized carbons (Fsp3) is 0.583. The standard InChI is InChI=1S/C12H20N4O/c1-6-16(5)12(17)10(4)15-11-7-13-8(2)9(3)14-11/h7,10H,6H2,1-5H3,(H,14,15). The summed E-state index contributed by atoms with van der Waals surface area (Å²) in [6, 6.07) is -0.295. The molecule has 0 spiro atoms. The van der Waals surface area contributed by atoms with Crippen LogP contribution in [0.2, 0.25) is 0 Å². The van der Waals surface area contributed by atoms with Crippen LogP contribution in [0, 0.1) is 13.8 Å². The summed E-state index contributed by atoms with van der Waals surface area (Å²) < 4.78 is 0. The van der Waals surface area contributed by atoms with Crippen LogP contribution in [0.5, 0.6) is 0 Å². The Bertz CT molecular complexity index is 405. The van der Waals surface area contributed by atoms with Crippen molar-refractivity contribution in [3.8, 4) is 0 Å². The van der Waals surface area contributed by atoms with Crippen LogP contribution in [0.3, 0.4) is 0 Å². The molecule has 17 heavy (non-hydrogen) atoms. The van der Waals surface area contributed by atoms with Crippen LogP contribution in [-0.4, -0.2) is 40.4 Å². The molecule has 0 aromatic carbocycles. The molecule has 1 heterocycles. The van der Waals surface area contributed by atoms with E-state index in [1.165, 1.54) is 0 Å². The number of aryl methyl sites for hydroxylation is 2. The summed E-state index contributed by atoms with van der Waals surface area (Å²) in [5.41, 5.74) is 1.78. The number of nitrogens with zero attached hydrogens (tertiary/aromatic N) is 3. The van der Waals surface area contributed by atoms with Gasteiger partial charge in [0.25, 0.3) is 0 Å². The first-order valence-corrected chi connectivity index (χ1v) is 5.77. The molecule has 1 N–H and O–H groups in total. The van der Waals surface area contributed by atoms with E-state index in [0.29, 0.717) is 12.4 Å². The fourth-order valence-corrected chi connectivity index (χ4v) is 1.38. The number of rotatable bonds is 4. The lowest BCUT2D eigenvalue weighted by Crippen LogP contribution is -2.39. The van der Waals surface area contributed by atoms with E-state index in [-0.39, 0.29) is 11.9 Å². The maximum Gasteiger partial charge on any atom is 0.244 e. The van der Waals surface area contributed by atoms with Gasteiger partial charge in [-0.25, -0.2) is 4.98 Å². The van der Waals surface area contributed by atoms with Crippen molar-refractivity contribution in [3.05, 3.63) is 17.6 Å². The SMILES string of the molecule is CCN(C)C(=O)C(C)Nc1cnc(C)c(C)n1. The molecule has 0 radical (unpaired) electrons. The Kier molecular flexibility index (Phi) is 4.43. The topological polar surface area (TPSA) is 58.1 Å². The van der Waals surface area contributed by atoms with Crippen LogP contribution in [0.1, 0.15) is 25.2 Å². The zero-order valence-electron chi connectivity index (χ0n) is 11.1. The number of nitrogens with one attached hydrogen (secondary N) is 1. The van der Waals surface area contributed by atoms with Gasteiger partial charge in [-0.15, -0.1) is 0 Å². The molecule has 94 valence electrons. The van der Waals surface area contributed by atoms with E-state index in [9.17, 15) is 4.79 Å². The van der Waals surface area contributed by atoms with Gasteiger partial charge in [-0.3, -0.25) is 9.78 Å². The highest BCUT2D eigenvalue weighted by atomic mass is 16.2. The number of amides is 1. The molecule has 0 saturated carbocycles. The molecule has 1 amide bonds. The third-order valence-corrected chi connectivity index (χ3v) is 2.78. The molecule has 0 fully saturated rings. The van der Waals surface area contributed by atoms with E-state index in [4.69, 9.17) is 0 Å². The van der Waals surface area contributed by atoms with Gasteiger partial charge in [0, 0.05) is 13.6 Å². The molecule has 5 heteroatoms. The fourth-order valence-electron chi connectivity index (χ4n) is 1.38. The number of aromatic nitrogens is 2. The van der Waals surface area contributed by atoms with Crippen molar-refractivity contribution in [2.24, 2.45) is 0 Å². The summed E-state index contributed by atoms with van der Waals surface area (Å²) in [5.74, 6) is 0.686. The van der Waals surface area contributed by atoms with E-state index in [1.807, 2.05) is 27.7 Å². The van der Waals surface area contributed by atoms with Crippen molar-refractivity contribution < 1.29 is 4.79 Å². The van der Waals surface area contributed by atoms with Gasteiger partial charge < -0.3 is 10.2 Å². The maximum absolute atomic E-state index is 11.8. The molecular formula is C12H20N4O. The molecule has 0 saturated heterocycles. The van der Waals surface area contributed by atoms with E-state index in [2.05, 4.69) is 15.3 Å². The van der Waals surface area contributed by atoms with Crippen molar-refractivity contribution in [1.82, 2.24) is 14.9 Å². The maximum atomic E-state index is 11.8. The van der Waals surface area contributed by atoms with Crippen molar-refractivity contribution >= 4 is 11.7 Å². The predicted octanol–water partition coefficient (Wildman–Crippen LogP) is 1.37. The van der Waals surface area contributed by atoms with E-state index >= 15 is 0 Å². The van der Waals surface area contributed by atoms with Gasteiger partial charge in [-0.05, 0) is 27.7 Å². The second kappa shape index (κ2) is 5.61. The highest BCUT2D eigenvalue weighted by Crippen LogP contribution is 2.07. The third kappa shape index (κ3) is 3.41. The average molecular weight is 236 g/mol. The van der Waals surface area contributed by atoms with Crippen molar-refractivity contribution in [1.29, 1.82) is 0 Å². The number of carbonyl (C=O) groups is 1. The Morgan fingerprint density at radius 3 is 2.65 bits per heavy atom. The van der Waals surface area contributed by atoms with E-state index < -0.39 is 0 Å². The molecule has 1 aromatic rings. The van der Waals surface area contributed by atoms with Gasteiger partial charge in [0.2, 0.25) is 5.91 Å². The van der Waals surface area contributed by atoms with Crippen LogP contribution in [0.25, 0.3) is 0 Å². The smallest absolute Gasteiger partial charge is 0.244 e. The molecule has 5 nitrogen and oxygen atoms in total. The van der Waals surface area contributed by atoms with Crippen LogP contribution in [0.4, 0.5) is 5.82 Å². The van der Waals surface area contributed by atoms with Crippen LogP contribution >= 0.6 is 0 Å². The van der Waals surface area contributed by atoms with Crippen LogP contribution < -0.4 is 5.32 Å². The monoisotopic (exact) mass is 236 g/mol. The first-order chi connectivity index (χ1) is 7.95. The quantitative estimate of drug-likeness (QED) is 0.858. The molecule has 1 atom stereocenters. The second-order valence-corrected chi connectivity index (χ2v) is 4.14. The molecule has 0 aliphatic carbocycles. The minimum atomic E-state index is -0.295. The second-order valence-electron chi connectivity index (χ2n) is 4.14. The molecule has 1 aromatic heterocycles. The van der Waals surface area contributed by atoms with E-state index in [0.717, 1.165) is 11.4 Å². The van der Waals surface area contributed by atoms with Gasteiger partial charge in [-0.1, -0.05) is 0 Å². The number of likely N-dealkylation sites (N-methyl/N-ethyl adjacent to an activating group) is 1. The third-order valence-electron chi connectivity index (χ3n) is 2.78. The van der Waals surface area contributed by atoms with Crippen LogP contribution in [0.15, 0.2) is 6.20 Å². The van der Waals surface area contributed by atoms with E-state index in [1.54, 1.807) is 18.1 Å². The summed E-state index contributed by atoms with van der Waals surface area (Å²) in [4.78, 5) is 22.1. The minimum Gasteiger partial charge on any atom is -0.357 e. The molecular weight excluding hydrogens is 216 g/mol. The lowest BCUT2D eigenvalue weighted by Gasteiger charge is -2.20. The normalized spacial score (nSPS) is 12.1.